The van der Waals surface area contributed by atoms with Crippen LogP contribution >= 0.6 is 23.6 Å². The van der Waals surface area contributed by atoms with Gasteiger partial charge in [0, 0.05) is 43.2 Å². The maximum absolute atomic E-state index is 5.66. The minimum absolute atomic E-state index is 0.585. The molecular weight excluding hydrogens is 360 g/mol. The number of rotatable bonds is 3. The predicted molar refractivity (Wildman–Crippen MR) is 114 cm³/mol. The Bertz CT molecular complexity index is 716. The van der Waals surface area contributed by atoms with E-state index >= 15 is 0 Å². The van der Waals surface area contributed by atoms with Crippen molar-refractivity contribution in [2.45, 2.75) is 38.1 Å². The molecule has 0 unspecified atom stereocenters. The molecule has 1 saturated heterocycles. The van der Waals surface area contributed by atoms with Gasteiger partial charge in [-0.3, -0.25) is 0 Å². The molecule has 1 saturated carbocycles. The summed E-state index contributed by atoms with van der Waals surface area (Å²) >= 11 is 7.40. The minimum Gasteiger partial charge on any atom is -0.360 e. The van der Waals surface area contributed by atoms with Crippen molar-refractivity contribution in [3.05, 3.63) is 35.7 Å². The molecule has 1 aromatic carbocycles. The molecule has 4 nitrogen and oxygen atoms in total. The van der Waals surface area contributed by atoms with Gasteiger partial charge < -0.3 is 15.1 Å². The molecule has 2 fully saturated rings. The first-order valence-electron chi connectivity index (χ1n) is 9.61. The molecule has 0 atom stereocenters. The van der Waals surface area contributed by atoms with Crippen molar-refractivity contribution in [3.63, 3.8) is 0 Å². The third kappa shape index (κ3) is 4.18. The second kappa shape index (κ2) is 8.35. The number of anilines is 1. The van der Waals surface area contributed by atoms with E-state index in [0.717, 1.165) is 42.1 Å². The van der Waals surface area contributed by atoms with Gasteiger partial charge in [-0.1, -0.05) is 49.6 Å². The summed E-state index contributed by atoms with van der Waals surface area (Å²) in [5, 5.41) is 7.82. The van der Waals surface area contributed by atoms with Crippen molar-refractivity contribution in [1.82, 2.24) is 15.2 Å². The zero-order valence-electron chi connectivity index (χ0n) is 15.1. The Morgan fingerprint density at radius 1 is 1.04 bits per heavy atom. The lowest BCUT2D eigenvalue weighted by molar-refractivity contribution is 0.355. The fourth-order valence-electron chi connectivity index (χ4n) is 3.76. The fraction of sp³-hybridized carbons (Fsp3) is 0.500. The summed E-state index contributed by atoms with van der Waals surface area (Å²) in [6.45, 7) is 3.90. The summed E-state index contributed by atoms with van der Waals surface area (Å²) in [7, 11) is 0. The normalized spacial score (nSPS) is 18.8. The number of nitrogens with zero attached hydrogens (tertiary/aromatic N) is 3. The van der Waals surface area contributed by atoms with E-state index in [1.54, 1.807) is 11.3 Å². The average molecular weight is 387 g/mol. The highest BCUT2D eigenvalue weighted by molar-refractivity contribution is 7.80. The zero-order valence-corrected chi connectivity index (χ0v) is 16.7. The maximum Gasteiger partial charge on any atom is 0.185 e. The highest BCUT2D eigenvalue weighted by Crippen LogP contribution is 2.28. The van der Waals surface area contributed by atoms with Gasteiger partial charge >= 0.3 is 0 Å². The molecule has 26 heavy (non-hydrogen) atoms. The van der Waals surface area contributed by atoms with Crippen LogP contribution in [-0.4, -0.2) is 47.2 Å². The van der Waals surface area contributed by atoms with Gasteiger partial charge in [-0.15, -0.1) is 11.3 Å². The summed E-state index contributed by atoms with van der Waals surface area (Å²) in [6, 6.07) is 11.0. The second-order valence-electron chi connectivity index (χ2n) is 7.14. The number of hydrogen-bond donors (Lipinski definition) is 1. The smallest absolute Gasteiger partial charge is 0.185 e. The summed E-state index contributed by atoms with van der Waals surface area (Å²) in [6.07, 6.45) is 6.58. The van der Waals surface area contributed by atoms with Gasteiger partial charge in [-0.05, 0) is 25.1 Å². The van der Waals surface area contributed by atoms with Crippen LogP contribution in [0.4, 0.5) is 5.13 Å². The Hall–Kier alpha value is -1.66. The molecule has 6 heteroatoms. The summed E-state index contributed by atoms with van der Waals surface area (Å²) in [4.78, 5) is 9.56. The molecular formula is C20H26N4S2. The molecule has 138 valence electrons. The first kappa shape index (κ1) is 17.7. The van der Waals surface area contributed by atoms with E-state index in [9.17, 15) is 0 Å². The van der Waals surface area contributed by atoms with E-state index in [2.05, 4.69) is 44.8 Å². The van der Waals surface area contributed by atoms with Gasteiger partial charge in [0.2, 0.25) is 0 Å². The highest BCUT2D eigenvalue weighted by Gasteiger charge is 2.23. The van der Waals surface area contributed by atoms with Crippen LogP contribution in [0, 0.1) is 0 Å². The van der Waals surface area contributed by atoms with Crippen LogP contribution in [0.5, 0.6) is 0 Å². The first-order valence-corrected chi connectivity index (χ1v) is 10.9. The topological polar surface area (TPSA) is 31.4 Å². The third-order valence-corrected chi connectivity index (χ3v) is 6.61. The van der Waals surface area contributed by atoms with Crippen LogP contribution in [0.25, 0.3) is 11.3 Å². The largest absolute Gasteiger partial charge is 0.360 e. The molecule has 0 spiro atoms. The first-order chi connectivity index (χ1) is 12.8. The molecule has 0 amide bonds. The SMILES string of the molecule is S=C(NC1CCCCC1)N1CCN(c2nc(-c3ccccc3)cs2)CC1. The van der Waals surface area contributed by atoms with Crippen LogP contribution in [0.3, 0.4) is 0 Å². The number of nitrogens with one attached hydrogen (secondary N) is 1. The van der Waals surface area contributed by atoms with Gasteiger partial charge in [-0.25, -0.2) is 4.98 Å². The molecule has 1 aromatic heterocycles. The van der Waals surface area contributed by atoms with Gasteiger partial charge in [0.05, 0.1) is 5.69 Å². The van der Waals surface area contributed by atoms with Crippen LogP contribution in [0.1, 0.15) is 32.1 Å². The Morgan fingerprint density at radius 2 is 1.77 bits per heavy atom. The van der Waals surface area contributed by atoms with Gasteiger partial charge in [0.15, 0.2) is 10.2 Å². The summed E-state index contributed by atoms with van der Waals surface area (Å²) in [5.74, 6) is 0. The molecule has 0 radical (unpaired) electrons. The lowest BCUT2D eigenvalue weighted by atomic mass is 9.96. The van der Waals surface area contributed by atoms with E-state index in [1.807, 2.05) is 6.07 Å². The lowest BCUT2D eigenvalue weighted by Crippen LogP contribution is -2.53. The monoisotopic (exact) mass is 386 g/mol. The van der Waals surface area contributed by atoms with E-state index < -0.39 is 0 Å². The standard InChI is InChI=1S/C20H26N4S2/c25-19(21-17-9-5-2-6-10-17)23-11-13-24(14-12-23)20-22-18(15-26-20)16-7-3-1-4-8-16/h1,3-4,7-8,15,17H,2,5-6,9-14H2,(H,21,25). The quantitative estimate of drug-likeness (QED) is 0.802. The van der Waals surface area contributed by atoms with Gasteiger partial charge in [-0.2, -0.15) is 0 Å². The number of aromatic nitrogens is 1. The molecule has 4 rings (SSSR count). The van der Waals surface area contributed by atoms with Crippen LogP contribution < -0.4 is 10.2 Å². The van der Waals surface area contributed by atoms with Crippen molar-refractivity contribution in [1.29, 1.82) is 0 Å². The van der Waals surface area contributed by atoms with Crippen molar-refractivity contribution in [2.24, 2.45) is 0 Å². The third-order valence-electron chi connectivity index (χ3n) is 5.33. The van der Waals surface area contributed by atoms with Gasteiger partial charge in [0.1, 0.15) is 0 Å². The van der Waals surface area contributed by atoms with E-state index in [1.165, 1.54) is 37.7 Å². The molecule has 1 aliphatic heterocycles. The summed E-state index contributed by atoms with van der Waals surface area (Å²) in [5.41, 5.74) is 2.26. The van der Waals surface area contributed by atoms with Crippen LogP contribution in [0.15, 0.2) is 35.7 Å². The Kier molecular flexibility index (Phi) is 5.70. The molecule has 0 bridgehead atoms. The Balaban J connectivity index is 1.31. The van der Waals surface area contributed by atoms with Crippen molar-refractivity contribution in [2.75, 3.05) is 31.1 Å². The van der Waals surface area contributed by atoms with E-state index in [-0.39, 0.29) is 0 Å². The number of benzene rings is 1. The molecule has 1 aliphatic carbocycles. The molecule has 1 N–H and O–H groups in total. The van der Waals surface area contributed by atoms with Gasteiger partial charge in [0.25, 0.3) is 0 Å². The zero-order chi connectivity index (χ0) is 17.8. The average Bonchev–Trinajstić information content (AvgIpc) is 3.20. The number of hydrogen-bond acceptors (Lipinski definition) is 4. The number of thiocarbonyl (C=S) groups is 1. The lowest BCUT2D eigenvalue weighted by Gasteiger charge is -2.37. The fourth-order valence-corrected chi connectivity index (χ4v) is 5.00. The van der Waals surface area contributed by atoms with Crippen molar-refractivity contribution < 1.29 is 0 Å². The predicted octanol–water partition coefficient (Wildman–Crippen LogP) is 4.14. The summed E-state index contributed by atoms with van der Waals surface area (Å²) < 4.78 is 0. The van der Waals surface area contributed by atoms with Crippen molar-refractivity contribution in [3.8, 4) is 11.3 Å². The molecule has 2 aliphatic rings. The number of thiazole rings is 1. The van der Waals surface area contributed by atoms with Crippen molar-refractivity contribution >= 4 is 33.8 Å². The maximum atomic E-state index is 5.66. The molecule has 2 heterocycles. The second-order valence-corrected chi connectivity index (χ2v) is 8.36. The van der Waals surface area contributed by atoms with E-state index in [0.29, 0.717) is 6.04 Å². The van der Waals surface area contributed by atoms with Crippen LogP contribution in [-0.2, 0) is 0 Å². The molecule has 2 aromatic rings. The van der Waals surface area contributed by atoms with Crippen LogP contribution in [0.2, 0.25) is 0 Å². The minimum atomic E-state index is 0.585. The number of piperazine rings is 1. The highest BCUT2D eigenvalue weighted by atomic mass is 32.1. The van der Waals surface area contributed by atoms with E-state index in [4.69, 9.17) is 17.2 Å². The Labute approximate surface area is 165 Å². The Morgan fingerprint density at radius 3 is 2.50 bits per heavy atom.